The van der Waals surface area contributed by atoms with Gasteiger partial charge in [0.25, 0.3) is 0 Å². The lowest BCUT2D eigenvalue weighted by Crippen LogP contribution is -1.75. The lowest BCUT2D eigenvalue weighted by Gasteiger charge is -1.98. The molecule has 0 aliphatic rings. The first kappa shape index (κ1) is 11.6. The summed E-state index contributed by atoms with van der Waals surface area (Å²) in [5.41, 5.74) is 2.73. The quantitative estimate of drug-likeness (QED) is 0.549. The molecule has 0 bridgehead atoms. The zero-order chi connectivity index (χ0) is 12.8. The maximum Gasteiger partial charge on any atom is 0.101 e. The van der Waals surface area contributed by atoms with Gasteiger partial charge in [-0.3, -0.25) is 0 Å². The molecule has 2 aromatic rings. The van der Waals surface area contributed by atoms with Crippen molar-refractivity contribution in [2.45, 2.75) is 0 Å². The Hall–Kier alpha value is -2.84. The zero-order valence-corrected chi connectivity index (χ0v) is 9.67. The first-order valence-electron chi connectivity index (χ1n) is 5.38. The van der Waals surface area contributed by atoms with E-state index < -0.39 is 0 Å². The average molecular weight is 230 g/mol. The maximum absolute atomic E-state index is 5.39. The Morgan fingerprint density at radius 2 is 1.06 bits per heavy atom. The van der Waals surface area contributed by atoms with Gasteiger partial charge < -0.3 is 0 Å². The lowest BCUT2D eigenvalue weighted by molar-refractivity contribution is 1.22. The smallest absolute Gasteiger partial charge is 0.101 e. The SMILES string of the molecule is C#Cc1ccccc1/N=N/c1ccccc1C#C. The van der Waals surface area contributed by atoms with Crippen LogP contribution in [0.1, 0.15) is 11.1 Å². The molecule has 0 saturated carbocycles. The highest BCUT2D eigenvalue weighted by Crippen LogP contribution is 2.23. The van der Waals surface area contributed by atoms with Gasteiger partial charge in [0.15, 0.2) is 0 Å². The van der Waals surface area contributed by atoms with Gasteiger partial charge in [-0.05, 0) is 24.3 Å². The average Bonchev–Trinajstić information content (AvgIpc) is 2.45. The Bertz CT molecular complexity index is 610. The van der Waals surface area contributed by atoms with Crippen LogP contribution in [0.15, 0.2) is 58.8 Å². The second-order valence-electron chi connectivity index (χ2n) is 3.52. The molecule has 0 aliphatic heterocycles. The number of nitrogens with zero attached hydrogens (tertiary/aromatic N) is 2. The lowest BCUT2D eigenvalue weighted by atomic mass is 10.2. The summed E-state index contributed by atoms with van der Waals surface area (Å²) >= 11 is 0. The third-order valence-corrected chi connectivity index (χ3v) is 2.38. The van der Waals surface area contributed by atoms with Gasteiger partial charge in [-0.25, -0.2) is 0 Å². The Morgan fingerprint density at radius 1 is 0.667 bits per heavy atom. The molecule has 0 fully saturated rings. The van der Waals surface area contributed by atoms with Crippen LogP contribution in [0.3, 0.4) is 0 Å². The van der Waals surface area contributed by atoms with Crippen LogP contribution < -0.4 is 0 Å². The topological polar surface area (TPSA) is 24.7 Å². The van der Waals surface area contributed by atoms with E-state index in [1.165, 1.54) is 0 Å². The first-order valence-corrected chi connectivity index (χ1v) is 5.38. The summed E-state index contributed by atoms with van der Waals surface area (Å²) in [7, 11) is 0. The minimum atomic E-state index is 0.659. The van der Waals surface area contributed by atoms with E-state index in [0.29, 0.717) is 22.5 Å². The van der Waals surface area contributed by atoms with Gasteiger partial charge in [0.2, 0.25) is 0 Å². The van der Waals surface area contributed by atoms with Gasteiger partial charge in [-0.15, -0.1) is 23.1 Å². The van der Waals surface area contributed by atoms with Crippen LogP contribution in [0, 0.1) is 24.7 Å². The molecule has 2 rings (SSSR count). The van der Waals surface area contributed by atoms with E-state index >= 15 is 0 Å². The van der Waals surface area contributed by atoms with Crippen molar-refractivity contribution in [3.8, 4) is 24.7 Å². The van der Waals surface area contributed by atoms with E-state index in [0.717, 1.165) is 0 Å². The fraction of sp³-hybridized carbons (Fsp3) is 0. The first-order chi connectivity index (χ1) is 8.85. The van der Waals surface area contributed by atoms with E-state index in [4.69, 9.17) is 12.8 Å². The van der Waals surface area contributed by atoms with E-state index in [-0.39, 0.29) is 0 Å². The van der Waals surface area contributed by atoms with Crippen molar-refractivity contribution in [2.24, 2.45) is 10.2 Å². The number of hydrogen-bond donors (Lipinski definition) is 0. The summed E-state index contributed by atoms with van der Waals surface area (Å²) in [4.78, 5) is 0. The minimum Gasteiger partial charge on any atom is -0.149 e. The summed E-state index contributed by atoms with van der Waals surface area (Å²) in [5, 5.41) is 8.29. The number of hydrogen-bond acceptors (Lipinski definition) is 2. The Kier molecular flexibility index (Phi) is 3.54. The van der Waals surface area contributed by atoms with Crippen molar-refractivity contribution in [1.82, 2.24) is 0 Å². The Balaban J connectivity index is 2.37. The molecule has 2 nitrogen and oxygen atoms in total. The van der Waals surface area contributed by atoms with Crippen molar-refractivity contribution in [3.05, 3.63) is 59.7 Å². The summed E-state index contributed by atoms with van der Waals surface area (Å²) in [6.07, 6.45) is 10.8. The molecular formula is C16H10N2. The summed E-state index contributed by atoms with van der Waals surface area (Å²) in [6.45, 7) is 0. The van der Waals surface area contributed by atoms with E-state index in [1.807, 2.05) is 48.5 Å². The molecule has 2 aromatic carbocycles. The summed E-state index contributed by atoms with van der Waals surface area (Å²) in [5.74, 6) is 5.13. The molecule has 0 radical (unpaired) electrons. The normalized spacial score (nSPS) is 9.89. The van der Waals surface area contributed by atoms with E-state index in [1.54, 1.807) is 0 Å². The molecule has 0 unspecified atom stereocenters. The standard InChI is InChI=1S/C16H10N2/c1-3-13-9-5-7-11-15(13)17-18-16-12-8-6-10-14(16)4-2/h1-2,5-12H/b18-17+. The number of terminal acetylenes is 2. The maximum atomic E-state index is 5.39. The predicted octanol–water partition coefficient (Wildman–Crippen LogP) is 4.06. The van der Waals surface area contributed by atoms with Gasteiger partial charge in [0, 0.05) is 0 Å². The van der Waals surface area contributed by atoms with Crippen molar-refractivity contribution in [2.75, 3.05) is 0 Å². The van der Waals surface area contributed by atoms with Gasteiger partial charge in [0.1, 0.15) is 11.4 Å². The number of rotatable bonds is 2. The zero-order valence-electron chi connectivity index (χ0n) is 9.67. The molecule has 0 aliphatic carbocycles. The van der Waals surface area contributed by atoms with Crippen LogP contribution in [0.4, 0.5) is 11.4 Å². The summed E-state index contributed by atoms with van der Waals surface area (Å²) in [6, 6.07) is 14.7. The van der Waals surface area contributed by atoms with Crippen LogP contribution in [-0.4, -0.2) is 0 Å². The Labute approximate surface area is 106 Å². The van der Waals surface area contributed by atoms with Crippen molar-refractivity contribution in [3.63, 3.8) is 0 Å². The molecule has 0 spiro atoms. The molecular weight excluding hydrogens is 220 g/mol. The highest BCUT2D eigenvalue weighted by Gasteiger charge is 1.99. The van der Waals surface area contributed by atoms with Crippen molar-refractivity contribution in [1.29, 1.82) is 0 Å². The van der Waals surface area contributed by atoms with Crippen LogP contribution in [0.2, 0.25) is 0 Å². The second-order valence-corrected chi connectivity index (χ2v) is 3.52. The van der Waals surface area contributed by atoms with E-state index in [2.05, 4.69) is 22.1 Å². The molecule has 0 heterocycles. The van der Waals surface area contributed by atoms with Gasteiger partial charge in [0.05, 0.1) is 11.1 Å². The van der Waals surface area contributed by atoms with Crippen LogP contribution in [0.25, 0.3) is 0 Å². The molecule has 84 valence electrons. The molecule has 0 aromatic heterocycles. The van der Waals surface area contributed by atoms with Gasteiger partial charge in [-0.2, -0.15) is 0 Å². The third-order valence-electron chi connectivity index (χ3n) is 2.38. The van der Waals surface area contributed by atoms with E-state index in [9.17, 15) is 0 Å². The molecule has 18 heavy (non-hydrogen) atoms. The molecule has 2 heteroatoms. The van der Waals surface area contributed by atoms with Crippen molar-refractivity contribution >= 4 is 11.4 Å². The van der Waals surface area contributed by atoms with Gasteiger partial charge in [-0.1, -0.05) is 36.1 Å². The fourth-order valence-electron chi connectivity index (χ4n) is 1.47. The molecule has 0 amide bonds. The third kappa shape index (κ3) is 2.45. The minimum absolute atomic E-state index is 0.659. The van der Waals surface area contributed by atoms with Crippen LogP contribution >= 0.6 is 0 Å². The monoisotopic (exact) mass is 230 g/mol. The molecule has 0 saturated heterocycles. The number of azo groups is 1. The Morgan fingerprint density at radius 3 is 1.44 bits per heavy atom. The second kappa shape index (κ2) is 5.48. The van der Waals surface area contributed by atoms with Gasteiger partial charge >= 0.3 is 0 Å². The highest BCUT2D eigenvalue weighted by atomic mass is 15.1. The van der Waals surface area contributed by atoms with Crippen LogP contribution in [-0.2, 0) is 0 Å². The highest BCUT2D eigenvalue weighted by molar-refractivity contribution is 5.56. The van der Waals surface area contributed by atoms with Crippen molar-refractivity contribution < 1.29 is 0 Å². The number of benzene rings is 2. The summed E-state index contributed by atoms with van der Waals surface area (Å²) < 4.78 is 0. The predicted molar refractivity (Wildman–Crippen MR) is 72.9 cm³/mol. The fourth-order valence-corrected chi connectivity index (χ4v) is 1.47. The van der Waals surface area contributed by atoms with Crippen LogP contribution in [0.5, 0.6) is 0 Å². The molecule has 0 N–H and O–H groups in total. The molecule has 0 atom stereocenters. The largest absolute Gasteiger partial charge is 0.149 e.